The van der Waals surface area contributed by atoms with Gasteiger partial charge in [0.1, 0.15) is 0 Å². The summed E-state index contributed by atoms with van der Waals surface area (Å²) in [4.78, 5) is 14.3. The number of sulfone groups is 1. The van der Waals surface area contributed by atoms with Crippen molar-refractivity contribution in [3.8, 4) is 0 Å². The number of amides is 1. The van der Waals surface area contributed by atoms with E-state index in [1.807, 2.05) is 13.0 Å². The molecule has 1 aromatic heterocycles. The molecule has 1 aliphatic carbocycles. The molecule has 1 amide bonds. The maximum atomic E-state index is 12.2. The molecule has 2 aliphatic rings. The lowest BCUT2D eigenvalue weighted by atomic mass is 10.0. The molecule has 0 saturated carbocycles. The molecule has 1 fully saturated rings. The van der Waals surface area contributed by atoms with Crippen LogP contribution in [0.3, 0.4) is 0 Å². The van der Waals surface area contributed by atoms with Gasteiger partial charge in [-0.1, -0.05) is 0 Å². The van der Waals surface area contributed by atoms with Gasteiger partial charge >= 0.3 is 0 Å². The van der Waals surface area contributed by atoms with E-state index in [2.05, 4.69) is 5.32 Å². The SMILES string of the molecule is CC1(NC(=O)c2cc3c(s2)CCC3)CCS(=O)(=O)C1. The first-order valence-electron chi connectivity index (χ1n) is 6.51. The van der Waals surface area contributed by atoms with Crippen molar-refractivity contribution in [1.29, 1.82) is 0 Å². The zero-order chi connectivity index (χ0) is 13.7. The third kappa shape index (κ3) is 2.56. The van der Waals surface area contributed by atoms with Crippen molar-refractivity contribution < 1.29 is 13.2 Å². The Bertz CT molecular complexity index is 611. The predicted octanol–water partition coefficient (Wildman–Crippen LogP) is 1.54. The molecule has 2 heterocycles. The topological polar surface area (TPSA) is 63.2 Å². The average molecular weight is 299 g/mol. The highest BCUT2D eigenvalue weighted by Crippen LogP contribution is 2.31. The zero-order valence-electron chi connectivity index (χ0n) is 10.9. The van der Waals surface area contributed by atoms with Crippen LogP contribution in [0.5, 0.6) is 0 Å². The Kier molecular flexibility index (Phi) is 2.98. The van der Waals surface area contributed by atoms with Crippen LogP contribution in [-0.4, -0.2) is 31.4 Å². The molecule has 4 nitrogen and oxygen atoms in total. The summed E-state index contributed by atoms with van der Waals surface area (Å²) in [6.45, 7) is 1.82. The Labute approximate surface area is 117 Å². The second-order valence-corrected chi connectivity index (χ2v) is 9.09. The summed E-state index contributed by atoms with van der Waals surface area (Å²) in [6.07, 6.45) is 3.81. The van der Waals surface area contributed by atoms with E-state index in [0.29, 0.717) is 6.42 Å². The minimum absolute atomic E-state index is 0.0524. The van der Waals surface area contributed by atoms with Crippen molar-refractivity contribution in [2.24, 2.45) is 0 Å². The molecule has 1 unspecified atom stereocenters. The molecule has 1 N–H and O–H groups in total. The predicted molar refractivity (Wildman–Crippen MR) is 75.5 cm³/mol. The Morgan fingerprint density at radius 2 is 2.21 bits per heavy atom. The molecule has 19 heavy (non-hydrogen) atoms. The maximum absolute atomic E-state index is 12.2. The summed E-state index contributed by atoms with van der Waals surface area (Å²) in [6, 6.07) is 1.97. The van der Waals surface area contributed by atoms with Crippen LogP contribution in [0.1, 0.15) is 39.9 Å². The fourth-order valence-electron chi connectivity index (χ4n) is 2.89. The van der Waals surface area contributed by atoms with Crippen LogP contribution in [0.4, 0.5) is 0 Å². The highest BCUT2D eigenvalue weighted by atomic mass is 32.2. The standard InChI is InChI=1S/C13H17NO3S2/c1-13(5-6-19(16,17)8-13)14-12(15)11-7-9-3-2-4-10(9)18-11/h7H,2-6,8H2,1H3,(H,14,15). The quantitative estimate of drug-likeness (QED) is 0.901. The molecule has 1 atom stereocenters. The molecule has 0 bridgehead atoms. The number of fused-ring (bicyclic) bond motifs is 1. The van der Waals surface area contributed by atoms with Crippen LogP contribution in [0.2, 0.25) is 0 Å². The van der Waals surface area contributed by atoms with Gasteiger partial charge in [0.2, 0.25) is 0 Å². The van der Waals surface area contributed by atoms with Gasteiger partial charge in [-0.3, -0.25) is 4.79 Å². The normalized spacial score (nSPS) is 28.3. The van der Waals surface area contributed by atoms with Gasteiger partial charge in [0, 0.05) is 4.88 Å². The van der Waals surface area contributed by atoms with E-state index in [0.717, 1.165) is 17.7 Å². The highest BCUT2D eigenvalue weighted by molar-refractivity contribution is 7.91. The minimum atomic E-state index is -2.99. The zero-order valence-corrected chi connectivity index (χ0v) is 12.5. The average Bonchev–Trinajstić information content (AvgIpc) is 2.90. The van der Waals surface area contributed by atoms with Gasteiger partial charge < -0.3 is 5.32 Å². The molecule has 104 valence electrons. The number of thiophene rings is 1. The third-order valence-corrected chi connectivity index (χ3v) is 7.03. The van der Waals surface area contributed by atoms with Crippen molar-refractivity contribution in [1.82, 2.24) is 5.32 Å². The van der Waals surface area contributed by atoms with Crippen LogP contribution in [0.15, 0.2) is 6.07 Å². The summed E-state index contributed by atoms with van der Waals surface area (Å²) in [5.41, 5.74) is 0.684. The summed E-state index contributed by atoms with van der Waals surface area (Å²) >= 11 is 1.55. The first kappa shape index (κ1) is 13.1. The molecule has 0 radical (unpaired) electrons. The Morgan fingerprint density at radius 1 is 1.42 bits per heavy atom. The molecule has 0 spiro atoms. The second kappa shape index (κ2) is 4.31. The van der Waals surface area contributed by atoms with Gasteiger partial charge in [-0.15, -0.1) is 11.3 Å². The summed E-state index contributed by atoms with van der Waals surface area (Å²) in [7, 11) is -2.99. The van der Waals surface area contributed by atoms with Crippen molar-refractivity contribution in [2.45, 2.75) is 38.1 Å². The fourth-order valence-corrected chi connectivity index (χ4v) is 6.13. The van der Waals surface area contributed by atoms with Crippen LogP contribution in [-0.2, 0) is 22.7 Å². The Balaban J connectivity index is 1.74. The van der Waals surface area contributed by atoms with E-state index in [1.165, 1.54) is 16.9 Å². The van der Waals surface area contributed by atoms with Crippen molar-refractivity contribution in [3.63, 3.8) is 0 Å². The van der Waals surface area contributed by atoms with E-state index < -0.39 is 15.4 Å². The lowest BCUT2D eigenvalue weighted by Gasteiger charge is -2.23. The molecule has 0 aromatic carbocycles. The van der Waals surface area contributed by atoms with Gasteiger partial charge in [-0.2, -0.15) is 0 Å². The number of hydrogen-bond donors (Lipinski definition) is 1. The minimum Gasteiger partial charge on any atom is -0.345 e. The number of nitrogens with one attached hydrogen (secondary N) is 1. The van der Waals surface area contributed by atoms with Gasteiger partial charge in [-0.05, 0) is 44.2 Å². The number of rotatable bonds is 2. The third-order valence-electron chi connectivity index (χ3n) is 3.89. The number of aryl methyl sites for hydroxylation is 2. The highest BCUT2D eigenvalue weighted by Gasteiger charge is 2.39. The lowest BCUT2D eigenvalue weighted by Crippen LogP contribution is -2.46. The van der Waals surface area contributed by atoms with Gasteiger partial charge in [0.25, 0.3) is 5.91 Å². The lowest BCUT2D eigenvalue weighted by molar-refractivity contribution is 0.0919. The number of carbonyl (C=O) groups excluding carboxylic acids is 1. The van der Waals surface area contributed by atoms with Crippen LogP contribution in [0, 0.1) is 0 Å². The summed E-state index contributed by atoms with van der Waals surface area (Å²) < 4.78 is 23.1. The molecule has 3 rings (SSSR count). The smallest absolute Gasteiger partial charge is 0.261 e. The van der Waals surface area contributed by atoms with Gasteiger partial charge in [0.15, 0.2) is 9.84 Å². The Hall–Kier alpha value is -0.880. The molecule has 1 aliphatic heterocycles. The van der Waals surface area contributed by atoms with Crippen LogP contribution < -0.4 is 5.32 Å². The monoisotopic (exact) mass is 299 g/mol. The van der Waals surface area contributed by atoms with Gasteiger partial charge in [-0.25, -0.2) is 8.42 Å². The Morgan fingerprint density at radius 3 is 2.84 bits per heavy atom. The van der Waals surface area contributed by atoms with E-state index in [4.69, 9.17) is 0 Å². The fraction of sp³-hybridized carbons (Fsp3) is 0.615. The molecule has 1 aromatic rings. The van der Waals surface area contributed by atoms with E-state index >= 15 is 0 Å². The summed E-state index contributed by atoms with van der Waals surface area (Å²) in [5.74, 6) is 0.0978. The van der Waals surface area contributed by atoms with Crippen molar-refractivity contribution >= 4 is 27.1 Å². The first-order chi connectivity index (χ1) is 8.87. The maximum Gasteiger partial charge on any atom is 0.261 e. The molecular weight excluding hydrogens is 282 g/mol. The molecular formula is C13H17NO3S2. The molecule has 6 heteroatoms. The van der Waals surface area contributed by atoms with E-state index in [9.17, 15) is 13.2 Å². The summed E-state index contributed by atoms with van der Waals surface area (Å²) in [5, 5.41) is 2.91. The van der Waals surface area contributed by atoms with Crippen LogP contribution >= 0.6 is 11.3 Å². The van der Waals surface area contributed by atoms with Crippen molar-refractivity contribution in [2.75, 3.05) is 11.5 Å². The number of carbonyl (C=O) groups is 1. The van der Waals surface area contributed by atoms with E-state index in [1.54, 1.807) is 11.3 Å². The second-order valence-electron chi connectivity index (χ2n) is 5.77. The van der Waals surface area contributed by atoms with Gasteiger partial charge in [0.05, 0.1) is 21.9 Å². The molecule has 1 saturated heterocycles. The first-order valence-corrected chi connectivity index (χ1v) is 9.15. The van der Waals surface area contributed by atoms with Crippen LogP contribution in [0.25, 0.3) is 0 Å². The number of hydrogen-bond acceptors (Lipinski definition) is 4. The van der Waals surface area contributed by atoms with E-state index in [-0.39, 0.29) is 17.4 Å². The largest absolute Gasteiger partial charge is 0.345 e. The van der Waals surface area contributed by atoms with Crippen molar-refractivity contribution in [3.05, 3.63) is 21.4 Å².